The molecule has 7 nitrogen and oxygen atoms in total. The number of hydrogen-bond donors (Lipinski definition) is 4. The van der Waals surface area contributed by atoms with Gasteiger partial charge in [0.05, 0.1) is 6.42 Å². The summed E-state index contributed by atoms with van der Waals surface area (Å²) in [6, 6.07) is 7.06. The standard InChI is InChI=1S/C14H13NO6/c16-11(12(17)18)6-14(21,13(19)20)5-8-7-15-10-4-2-1-3-9(8)10/h1-4,7,15,21H,5-6H2,(H,17,18)(H,19,20)/t14-/m1/s1. The average Bonchev–Trinajstić information content (AvgIpc) is 2.81. The van der Waals surface area contributed by atoms with Crippen LogP contribution in [-0.4, -0.2) is 43.6 Å². The molecule has 0 aliphatic heterocycles. The third kappa shape index (κ3) is 2.92. The summed E-state index contributed by atoms with van der Waals surface area (Å²) in [5.41, 5.74) is -1.21. The number of ketones is 1. The Kier molecular flexibility index (Phi) is 3.77. The molecule has 0 unspecified atom stereocenters. The first-order valence-electron chi connectivity index (χ1n) is 6.10. The summed E-state index contributed by atoms with van der Waals surface area (Å²) in [6.07, 6.45) is 0.173. The number of hydrogen-bond acceptors (Lipinski definition) is 4. The molecule has 0 bridgehead atoms. The molecule has 0 spiro atoms. The molecule has 110 valence electrons. The first-order valence-corrected chi connectivity index (χ1v) is 6.10. The molecule has 21 heavy (non-hydrogen) atoms. The van der Waals surface area contributed by atoms with Crippen LogP contribution in [0.15, 0.2) is 30.5 Å². The van der Waals surface area contributed by atoms with Gasteiger partial charge in [0.1, 0.15) is 0 Å². The van der Waals surface area contributed by atoms with Crippen LogP contribution in [0.25, 0.3) is 10.9 Å². The number of aromatic amines is 1. The highest BCUT2D eigenvalue weighted by atomic mass is 16.4. The van der Waals surface area contributed by atoms with Crippen LogP contribution in [-0.2, 0) is 20.8 Å². The molecule has 0 saturated heterocycles. The number of benzene rings is 1. The lowest BCUT2D eigenvalue weighted by Gasteiger charge is -2.21. The average molecular weight is 291 g/mol. The fourth-order valence-corrected chi connectivity index (χ4v) is 2.15. The van der Waals surface area contributed by atoms with Crippen molar-refractivity contribution in [3.8, 4) is 0 Å². The van der Waals surface area contributed by atoms with E-state index in [2.05, 4.69) is 4.98 Å². The molecule has 1 aromatic carbocycles. The summed E-state index contributed by atoms with van der Waals surface area (Å²) < 4.78 is 0. The van der Waals surface area contributed by atoms with E-state index in [1.807, 2.05) is 0 Å². The van der Waals surface area contributed by atoms with Crippen LogP contribution in [0.4, 0.5) is 0 Å². The molecule has 0 aliphatic rings. The molecule has 0 fully saturated rings. The van der Waals surface area contributed by atoms with Crippen molar-refractivity contribution < 1.29 is 29.7 Å². The molecule has 0 saturated carbocycles. The summed E-state index contributed by atoms with van der Waals surface area (Å²) in [5, 5.41) is 28.5. The van der Waals surface area contributed by atoms with Crippen LogP contribution < -0.4 is 0 Å². The fourth-order valence-electron chi connectivity index (χ4n) is 2.15. The maximum atomic E-state index is 11.2. The summed E-state index contributed by atoms with van der Waals surface area (Å²) in [5.74, 6) is -4.75. The summed E-state index contributed by atoms with van der Waals surface area (Å²) in [4.78, 5) is 35.9. The molecule has 2 rings (SSSR count). The Balaban J connectivity index is 2.34. The number of carboxylic acid groups (broad SMARTS) is 2. The zero-order valence-electron chi connectivity index (χ0n) is 10.9. The number of Topliss-reactive ketones (excluding diaryl/α,β-unsaturated/α-hetero) is 1. The van der Waals surface area contributed by atoms with Crippen molar-refractivity contribution in [2.24, 2.45) is 0 Å². The first kappa shape index (κ1) is 14.7. The second-order valence-electron chi connectivity index (χ2n) is 4.78. The second kappa shape index (κ2) is 5.37. The number of aliphatic carboxylic acids is 2. The number of carbonyl (C=O) groups excluding carboxylic acids is 1. The number of H-pyrrole nitrogens is 1. The van der Waals surface area contributed by atoms with Gasteiger partial charge in [0.15, 0.2) is 5.60 Å². The van der Waals surface area contributed by atoms with E-state index >= 15 is 0 Å². The molecular formula is C14H13NO6. The number of aliphatic hydroxyl groups is 1. The number of carboxylic acids is 2. The SMILES string of the molecule is O=C(O)C(=O)C[C@](O)(Cc1c[nH]c2ccccc12)C(=O)O. The topological polar surface area (TPSA) is 128 Å². The van der Waals surface area contributed by atoms with Crippen molar-refractivity contribution in [3.63, 3.8) is 0 Å². The van der Waals surface area contributed by atoms with Crippen LogP contribution in [0, 0.1) is 0 Å². The lowest BCUT2D eigenvalue weighted by molar-refractivity contribution is -0.163. The van der Waals surface area contributed by atoms with Crippen molar-refractivity contribution in [3.05, 3.63) is 36.0 Å². The van der Waals surface area contributed by atoms with Crippen molar-refractivity contribution in [1.82, 2.24) is 4.98 Å². The number of carbonyl (C=O) groups is 3. The summed E-state index contributed by atoms with van der Waals surface area (Å²) in [7, 11) is 0. The van der Waals surface area contributed by atoms with Gasteiger partial charge in [-0.2, -0.15) is 0 Å². The molecule has 0 radical (unpaired) electrons. The van der Waals surface area contributed by atoms with E-state index in [-0.39, 0.29) is 6.42 Å². The molecule has 2 aromatic rings. The fraction of sp³-hybridized carbons (Fsp3) is 0.214. The van der Waals surface area contributed by atoms with Crippen molar-refractivity contribution in [2.45, 2.75) is 18.4 Å². The minimum absolute atomic E-state index is 0.370. The normalized spacial score (nSPS) is 13.8. The van der Waals surface area contributed by atoms with Crippen LogP contribution in [0.1, 0.15) is 12.0 Å². The van der Waals surface area contributed by atoms with Gasteiger partial charge in [-0.1, -0.05) is 18.2 Å². The van der Waals surface area contributed by atoms with Gasteiger partial charge in [-0.3, -0.25) is 4.79 Å². The predicted octanol–water partition coefficient (Wildman–Crippen LogP) is 0.570. The lowest BCUT2D eigenvalue weighted by atomic mass is 9.89. The maximum absolute atomic E-state index is 11.2. The van der Waals surface area contributed by atoms with Crippen LogP contribution >= 0.6 is 0 Å². The zero-order valence-corrected chi connectivity index (χ0v) is 10.9. The Morgan fingerprint density at radius 3 is 2.43 bits per heavy atom. The van der Waals surface area contributed by atoms with Crippen LogP contribution in [0.3, 0.4) is 0 Å². The molecule has 7 heteroatoms. The van der Waals surface area contributed by atoms with Gasteiger partial charge in [0.25, 0.3) is 0 Å². The largest absolute Gasteiger partial charge is 0.479 e. The molecule has 1 aromatic heterocycles. The molecule has 0 amide bonds. The number of rotatable bonds is 6. The van der Waals surface area contributed by atoms with E-state index in [1.165, 1.54) is 6.20 Å². The van der Waals surface area contributed by atoms with E-state index in [9.17, 15) is 19.5 Å². The highest BCUT2D eigenvalue weighted by molar-refractivity contribution is 6.33. The molecule has 0 aliphatic carbocycles. The minimum atomic E-state index is -2.46. The third-order valence-corrected chi connectivity index (χ3v) is 3.25. The van der Waals surface area contributed by atoms with E-state index in [4.69, 9.17) is 10.2 Å². The van der Waals surface area contributed by atoms with Crippen molar-refractivity contribution in [2.75, 3.05) is 0 Å². The number of fused-ring (bicyclic) bond motifs is 1. The van der Waals surface area contributed by atoms with E-state index in [1.54, 1.807) is 24.3 Å². The number of para-hydroxylation sites is 1. The van der Waals surface area contributed by atoms with Gasteiger partial charge in [-0.15, -0.1) is 0 Å². The quantitative estimate of drug-likeness (QED) is 0.576. The van der Waals surface area contributed by atoms with Crippen molar-refractivity contribution in [1.29, 1.82) is 0 Å². The monoisotopic (exact) mass is 291 g/mol. The van der Waals surface area contributed by atoms with E-state index < -0.39 is 29.7 Å². The van der Waals surface area contributed by atoms with Gasteiger partial charge in [0, 0.05) is 23.5 Å². The molecule has 1 atom stereocenters. The zero-order chi connectivity index (χ0) is 15.6. The van der Waals surface area contributed by atoms with Gasteiger partial charge in [-0.05, 0) is 11.6 Å². The maximum Gasteiger partial charge on any atom is 0.372 e. The highest BCUT2D eigenvalue weighted by Crippen LogP contribution is 2.25. The highest BCUT2D eigenvalue weighted by Gasteiger charge is 2.40. The summed E-state index contributed by atoms with van der Waals surface area (Å²) in [6.45, 7) is 0. The van der Waals surface area contributed by atoms with Gasteiger partial charge < -0.3 is 20.3 Å². The number of nitrogens with one attached hydrogen (secondary N) is 1. The smallest absolute Gasteiger partial charge is 0.372 e. The Morgan fingerprint density at radius 1 is 1.14 bits per heavy atom. The van der Waals surface area contributed by atoms with E-state index in [0.717, 1.165) is 5.52 Å². The van der Waals surface area contributed by atoms with E-state index in [0.29, 0.717) is 10.9 Å². The molecule has 4 N–H and O–H groups in total. The Labute approximate surface area is 118 Å². The second-order valence-corrected chi connectivity index (χ2v) is 4.78. The third-order valence-electron chi connectivity index (χ3n) is 3.25. The molecular weight excluding hydrogens is 278 g/mol. The van der Waals surface area contributed by atoms with Gasteiger partial charge in [-0.25, -0.2) is 9.59 Å². The van der Waals surface area contributed by atoms with Gasteiger partial charge >= 0.3 is 11.9 Å². The Hall–Kier alpha value is -2.67. The Bertz CT molecular complexity index is 719. The van der Waals surface area contributed by atoms with Crippen LogP contribution in [0.5, 0.6) is 0 Å². The van der Waals surface area contributed by atoms with Crippen molar-refractivity contribution >= 4 is 28.6 Å². The first-order chi connectivity index (χ1) is 9.83. The Morgan fingerprint density at radius 2 is 1.81 bits per heavy atom. The number of aromatic nitrogens is 1. The van der Waals surface area contributed by atoms with Gasteiger partial charge in [0.2, 0.25) is 5.78 Å². The summed E-state index contributed by atoms with van der Waals surface area (Å²) >= 11 is 0. The minimum Gasteiger partial charge on any atom is -0.479 e. The van der Waals surface area contributed by atoms with Crippen LogP contribution in [0.2, 0.25) is 0 Å². The lowest BCUT2D eigenvalue weighted by Crippen LogP contribution is -2.44. The molecule has 1 heterocycles. The predicted molar refractivity (Wildman–Crippen MR) is 71.8 cm³/mol.